The number of aliphatic imine (C=N–C) groups is 1. The van der Waals surface area contributed by atoms with Gasteiger partial charge in [0.2, 0.25) is 0 Å². The third-order valence-corrected chi connectivity index (χ3v) is 10.8. The molecule has 9 aromatic carbocycles. The van der Waals surface area contributed by atoms with E-state index in [9.17, 15) is 0 Å². The standard InChI is InChI=1S/C51H34N4/c1-32-22-23-34-30-36(25-26-39(34)37(32)28-29-52-2)50-53-49(33-12-4-3-5-13-33)54-51(55-50)47-21-11-19-40-38(18-10-20-44(40)47)35-24-27-46-43-16-7-6-14-41(43)42-15-8-9-17-45(42)48(46)31-35/h3-31H,2H2,1H3/b29-28-. The molecule has 0 fully saturated rings. The van der Waals surface area contributed by atoms with Crippen LogP contribution < -0.4 is 0 Å². The molecule has 55 heavy (non-hydrogen) atoms. The van der Waals surface area contributed by atoms with Crippen molar-refractivity contribution in [2.24, 2.45) is 4.99 Å². The smallest absolute Gasteiger partial charge is 0.164 e. The molecule has 0 atom stereocenters. The van der Waals surface area contributed by atoms with Gasteiger partial charge in [0, 0.05) is 22.9 Å². The van der Waals surface area contributed by atoms with Crippen molar-refractivity contribution in [1.82, 2.24) is 15.0 Å². The van der Waals surface area contributed by atoms with Gasteiger partial charge in [-0.2, -0.15) is 0 Å². The number of rotatable bonds is 6. The first kappa shape index (κ1) is 32.4. The minimum atomic E-state index is 0.623. The zero-order valence-electron chi connectivity index (χ0n) is 30.2. The molecule has 0 saturated carbocycles. The first-order valence-electron chi connectivity index (χ1n) is 18.5. The molecule has 0 unspecified atom stereocenters. The zero-order chi connectivity index (χ0) is 36.9. The van der Waals surface area contributed by atoms with Crippen LogP contribution in [0.3, 0.4) is 0 Å². The van der Waals surface area contributed by atoms with E-state index in [-0.39, 0.29) is 0 Å². The van der Waals surface area contributed by atoms with Crippen molar-refractivity contribution < 1.29 is 0 Å². The molecule has 10 aromatic rings. The Labute approximate surface area is 318 Å². The van der Waals surface area contributed by atoms with Gasteiger partial charge in [-0.25, -0.2) is 15.0 Å². The SMILES string of the molecule is C=N/C=C\c1c(C)ccc2cc(-c3nc(-c4ccccc4)nc(-c4cccc5c(-c6ccc7c8ccccc8c8ccccc8c7c6)cccc45)n3)ccc12. The highest BCUT2D eigenvalue weighted by Gasteiger charge is 2.17. The molecule has 258 valence electrons. The van der Waals surface area contributed by atoms with Crippen LogP contribution >= 0.6 is 0 Å². The molecule has 0 bridgehead atoms. The third-order valence-electron chi connectivity index (χ3n) is 10.8. The van der Waals surface area contributed by atoms with Crippen LogP contribution in [0.25, 0.3) is 105 Å². The maximum atomic E-state index is 5.19. The molecule has 0 amide bonds. The van der Waals surface area contributed by atoms with Crippen molar-refractivity contribution in [2.75, 3.05) is 0 Å². The zero-order valence-corrected chi connectivity index (χ0v) is 30.2. The van der Waals surface area contributed by atoms with Crippen LogP contribution in [-0.2, 0) is 0 Å². The van der Waals surface area contributed by atoms with Crippen molar-refractivity contribution in [3.63, 3.8) is 0 Å². The largest absolute Gasteiger partial charge is 0.272 e. The van der Waals surface area contributed by atoms with E-state index >= 15 is 0 Å². The molecular weight excluding hydrogens is 669 g/mol. The van der Waals surface area contributed by atoms with E-state index in [1.54, 1.807) is 6.20 Å². The summed E-state index contributed by atoms with van der Waals surface area (Å²) in [6.45, 7) is 5.73. The topological polar surface area (TPSA) is 51.0 Å². The predicted octanol–water partition coefficient (Wildman–Crippen LogP) is 13.3. The molecule has 4 nitrogen and oxygen atoms in total. The highest BCUT2D eigenvalue weighted by molar-refractivity contribution is 6.26. The Morgan fingerprint density at radius 3 is 1.67 bits per heavy atom. The molecule has 4 heteroatoms. The number of nitrogens with zero attached hydrogens (tertiary/aromatic N) is 4. The average molecular weight is 703 g/mol. The lowest BCUT2D eigenvalue weighted by Gasteiger charge is -2.14. The molecule has 0 N–H and O–H groups in total. The van der Waals surface area contributed by atoms with Crippen molar-refractivity contribution >= 4 is 66.7 Å². The van der Waals surface area contributed by atoms with E-state index in [1.165, 1.54) is 43.4 Å². The minimum absolute atomic E-state index is 0.623. The lowest BCUT2D eigenvalue weighted by molar-refractivity contribution is 1.08. The van der Waals surface area contributed by atoms with Crippen molar-refractivity contribution in [2.45, 2.75) is 6.92 Å². The van der Waals surface area contributed by atoms with Gasteiger partial charge >= 0.3 is 0 Å². The van der Waals surface area contributed by atoms with Gasteiger partial charge in [-0.1, -0.05) is 152 Å². The van der Waals surface area contributed by atoms with Crippen LogP contribution in [0.15, 0.2) is 175 Å². The normalized spacial score (nSPS) is 11.7. The van der Waals surface area contributed by atoms with Crippen molar-refractivity contribution in [1.29, 1.82) is 0 Å². The fourth-order valence-electron chi connectivity index (χ4n) is 8.12. The summed E-state index contributed by atoms with van der Waals surface area (Å²) in [5, 5.41) is 12.1. The number of benzene rings is 9. The first-order valence-corrected chi connectivity index (χ1v) is 18.5. The summed E-state index contributed by atoms with van der Waals surface area (Å²) >= 11 is 0. The van der Waals surface area contributed by atoms with E-state index in [0.717, 1.165) is 49.4 Å². The van der Waals surface area contributed by atoms with Gasteiger partial charge in [-0.15, -0.1) is 0 Å². The summed E-state index contributed by atoms with van der Waals surface area (Å²) in [5.74, 6) is 1.89. The third kappa shape index (κ3) is 5.55. The van der Waals surface area contributed by atoms with Gasteiger partial charge in [-0.05, 0) is 108 Å². The Balaban J connectivity index is 1.15. The lowest BCUT2D eigenvalue weighted by Crippen LogP contribution is -2.00. The lowest BCUT2D eigenvalue weighted by atomic mass is 9.90. The summed E-state index contributed by atoms with van der Waals surface area (Å²) in [6.07, 6.45) is 3.75. The Morgan fingerprint density at radius 2 is 0.964 bits per heavy atom. The Morgan fingerprint density at radius 1 is 0.418 bits per heavy atom. The van der Waals surface area contributed by atoms with Gasteiger partial charge in [0.05, 0.1) is 0 Å². The van der Waals surface area contributed by atoms with E-state index < -0.39 is 0 Å². The molecule has 0 aliphatic carbocycles. The summed E-state index contributed by atoms with van der Waals surface area (Å²) in [6, 6.07) is 58.2. The molecule has 0 aliphatic rings. The summed E-state index contributed by atoms with van der Waals surface area (Å²) < 4.78 is 0. The second kappa shape index (κ2) is 13.3. The van der Waals surface area contributed by atoms with Crippen molar-refractivity contribution in [3.05, 3.63) is 181 Å². The van der Waals surface area contributed by atoms with Crippen LogP contribution in [0, 0.1) is 6.92 Å². The average Bonchev–Trinajstić information content (AvgIpc) is 3.25. The van der Waals surface area contributed by atoms with Crippen LogP contribution in [0.2, 0.25) is 0 Å². The van der Waals surface area contributed by atoms with Gasteiger partial charge in [-0.3, -0.25) is 4.99 Å². The second-order valence-corrected chi connectivity index (χ2v) is 14.0. The number of fused-ring (bicyclic) bond motifs is 8. The number of hydrogen-bond donors (Lipinski definition) is 0. The Hall–Kier alpha value is -7.30. The number of aromatic nitrogens is 3. The quantitative estimate of drug-likeness (QED) is 0.128. The predicted molar refractivity (Wildman–Crippen MR) is 232 cm³/mol. The number of aryl methyl sites for hydroxylation is 1. The van der Waals surface area contributed by atoms with Gasteiger partial charge < -0.3 is 0 Å². The highest BCUT2D eigenvalue weighted by atomic mass is 15.0. The minimum Gasteiger partial charge on any atom is -0.272 e. The van der Waals surface area contributed by atoms with E-state index in [2.05, 4.69) is 152 Å². The molecule has 0 saturated heterocycles. The van der Waals surface area contributed by atoms with Crippen LogP contribution in [-0.4, -0.2) is 21.7 Å². The molecular formula is C51H34N4. The van der Waals surface area contributed by atoms with Crippen LogP contribution in [0.1, 0.15) is 11.1 Å². The molecule has 0 radical (unpaired) electrons. The van der Waals surface area contributed by atoms with E-state index in [0.29, 0.717) is 17.5 Å². The summed E-state index contributed by atoms with van der Waals surface area (Å²) in [7, 11) is 0. The molecule has 1 aromatic heterocycles. The maximum absolute atomic E-state index is 5.19. The van der Waals surface area contributed by atoms with Crippen molar-refractivity contribution in [3.8, 4) is 45.3 Å². The molecule has 1 heterocycles. The van der Waals surface area contributed by atoms with Crippen LogP contribution in [0.5, 0.6) is 0 Å². The molecule has 10 rings (SSSR count). The molecule has 0 aliphatic heterocycles. The monoisotopic (exact) mass is 702 g/mol. The van der Waals surface area contributed by atoms with Gasteiger partial charge in [0.25, 0.3) is 0 Å². The summed E-state index contributed by atoms with van der Waals surface area (Å²) in [4.78, 5) is 19.3. The maximum Gasteiger partial charge on any atom is 0.164 e. The summed E-state index contributed by atoms with van der Waals surface area (Å²) in [5.41, 5.74) is 7.44. The number of hydrogen-bond acceptors (Lipinski definition) is 4. The van der Waals surface area contributed by atoms with Crippen LogP contribution in [0.4, 0.5) is 0 Å². The Bertz CT molecular complexity index is 3140. The molecule has 0 spiro atoms. The van der Waals surface area contributed by atoms with Gasteiger partial charge in [0.15, 0.2) is 17.5 Å². The first-order chi connectivity index (χ1) is 27.1. The Kier molecular flexibility index (Phi) is 7.81. The fourth-order valence-corrected chi connectivity index (χ4v) is 8.12. The van der Waals surface area contributed by atoms with E-state index in [1.807, 2.05) is 36.4 Å². The van der Waals surface area contributed by atoms with E-state index in [4.69, 9.17) is 15.0 Å². The highest BCUT2D eigenvalue weighted by Crippen LogP contribution is 2.40. The van der Waals surface area contributed by atoms with Gasteiger partial charge in [0.1, 0.15) is 0 Å². The second-order valence-electron chi connectivity index (χ2n) is 14.0. The fraction of sp³-hybridized carbons (Fsp3) is 0.0196.